The standard InChI is InChI=1S/C14H17FN2O4/c1-9-8-10(6-7-11(9)15)16-14(21)17-12(18)4-2-3-5-13(19)20/h6-8H,2-5H2,1H3,(H,19,20)(H2,16,17,18,21). The zero-order chi connectivity index (χ0) is 15.8. The summed E-state index contributed by atoms with van der Waals surface area (Å²) in [5, 5.41) is 13.0. The predicted octanol–water partition coefficient (Wildman–Crippen LogP) is 2.43. The van der Waals surface area contributed by atoms with Crippen LogP contribution in [0.15, 0.2) is 18.2 Å². The van der Waals surface area contributed by atoms with Crippen molar-refractivity contribution >= 4 is 23.6 Å². The molecule has 0 radical (unpaired) electrons. The molecular weight excluding hydrogens is 279 g/mol. The zero-order valence-electron chi connectivity index (χ0n) is 11.6. The number of amides is 3. The van der Waals surface area contributed by atoms with Crippen LogP contribution >= 0.6 is 0 Å². The maximum atomic E-state index is 13.1. The van der Waals surface area contributed by atoms with Gasteiger partial charge >= 0.3 is 12.0 Å². The van der Waals surface area contributed by atoms with Gasteiger partial charge in [0.05, 0.1) is 0 Å². The summed E-state index contributed by atoms with van der Waals surface area (Å²) < 4.78 is 13.1. The maximum Gasteiger partial charge on any atom is 0.325 e. The number of nitrogens with one attached hydrogen (secondary N) is 2. The minimum absolute atomic E-state index is 0.00562. The predicted molar refractivity (Wildman–Crippen MR) is 74.4 cm³/mol. The maximum absolute atomic E-state index is 13.1. The van der Waals surface area contributed by atoms with Gasteiger partial charge < -0.3 is 10.4 Å². The summed E-state index contributed by atoms with van der Waals surface area (Å²) in [6, 6.07) is 3.36. The van der Waals surface area contributed by atoms with E-state index in [0.29, 0.717) is 24.1 Å². The van der Waals surface area contributed by atoms with Crippen LogP contribution in [0.25, 0.3) is 0 Å². The van der Waals surface area contributed by atoms with Crippen LogP contribution in [-0.4, -0.2) is 23.0 Å². The summed E-state index contributed by atoms with van der Waals surface area (Å²) in [6.07, 6.45) is 0.833. The van der Waals surface area contributed by atoms with Crippen LogP contribution in [0.1, 0.15) is 31.2 Å². The fourth-order valence-electron chi connectivity index (χ4n) is 1.64. The Kier molecular flexibility index (Phi) is 6.32. The molecule has 0 aliphatic rings. The van der Waals surface area contributed by atoms with Gasteiger partial charge in [-0.05, 0) is 43.5 Å². The number of carboxylic acids is 1. The van der Waals surface area contributed by atoms with Crippen molar-refractivity contribution in [3.63, 3.8) is 0 Å². The summed E-state index contributed by atoms with van der Waals surface area (Å²) in [6.45, 7) is 1.56. The van der Waals surface area contributed by atoms with Crippen molar-refractivity contribution in [3.05, 3.63) is 29.6 Å². The number of hydrogen-bond acceptors (Lipinski definition) is 3. The number of carboxylic acid groups (broad SMARTS) is 1. The minimum Gasteiger partial charge on any atom is -0.481 e. The molecule has 0 unspecified atom stereocenters. The molecule has 6 nitrogen and oxygen atoms in total. The zero-order valence-corrected chi connectivity index (χ0v) is 11.6. The fourth-order valence-corrected chi connectivity index (χ4v) is 1.64. The highest BCUT2D eigenvalue weighted by molar-refractivity contribution is 6.01. The Morgan fingerprint density at radius 3 is 2.48 bits per heavy atom. The molecule has 21 heavy (non-hydrogen) atoms. The molecule has 7 heteroatoms. The summed E-state index contributed by atoms with van der Waals surface area (Å²) in [5.74, 6) is -1.79. The number of halogens is 1. The highest BCUT2D eigenvalue weighted by atomic mass is 19.1. The molecule has 0 heterocycles. The van der Waals surface area contributed by atoms with Gasteiger partial charge in [0.1, 0.15) is 5.82 Å². The summed E-state index contributed by atoms with van der Waals surface area (Å²) in [5.41, 5.74) is 0.762. The van der Waals surface area contributed by atoms with E-state index in [0.717, 1.165) is 0 Å². The number of aryl methyl sites for hydroxylation is 1. The lowest BCUT2D eigenvalue weighted by molar-refractivity contribution is -0.137. The number of imide groups is 1. The van der Waals surface area contributed by atoms with Crippen molar-refractivity contribution in [2.45, 2.75) is 32.6 Å². The van der Waals surface area contributed by atoms with E-state index < -0.39 is 17.9 Å². The van der Waals surface area contributed by atoms with Crippen LogP contribution < -0.4 is 10.6 Å². The van der Waals surface area contributed by atoms with Crippen LogP contribution in [0.3, 0.4) is 0 Å². The third-order valence-corrected chi connectivity index (χ3v) is 2.71. The van der Waals surface area contributed by atoms with Gasteiger partial charge in [-0.25, -0.2) is 9.18 Å². The first-order chi connectivity index (χ1) is 9.88. The molecule has 1 rings (SSSR count). The van der Waals surface area contributed by atoms with Gasteiger partial charge in [-0.15, -0.1) is 0 Å². The Bertz CT molecular complexity index is 546. The molecule has 3 amide bonds. The van der Waals surface area contributed by atoms with Crippen LogP contribution in [0, 0.1) is 12.7 Å². The number of urea groups is 1. The Labute approximate surface area is 121 Å². The number of carbonyl (C=O) groups excluding carboxylic acids is 2. The van der Waals surface area contributed by atoms with Gasteiger partial charge in [0, 0.05) is 18.5 Å². The number of unbranched alkanes of at least 4 members (excludes halogenated alkanes) is 1. The van der Waals surface area contributed by atoms with E-state index in [2.05, 4.69) is 10.6 Å². The second-order valence-corrected chi connectivity index (χ2v) is 4.57. The minimum atomic E-state index is -0.917. The molecule has 1 aromatic carbocycles. The van der Waals surface area contributed by atoms with Gasteiger partial charge in [0.2, 0.25) is 5.91 Å². The first-order valence-electron chi connectivity index (χ1n) is 6.47. The average molecular weight is 296 g/mol. The van der Waals surface area contributed by atoms with Crippen molar-refractivity contribution in [2.24, 2.45) is 0 Å². The lowest BCUT2D eigenvalue weighted by atomic mass is 10.2. The Morgan fingerprint density at radius 2 is 1.86 bits per heavy atom. The van der Waals surface area contributed by atoms with E-state index in [4.69, 9.17) is 5.11 Å². The topological polar surface area (TPSA) is 95.5 Å². The van der Waals surface area contributed by atoms with Crippen molar-refractivity contribution in [1.29, 1.82) is 0 Å². The third-order valence-electron chi connectivity index (χ3n) is 2.71. The van der Waals surface area contributed by atoms with Crippen LogP contribution in [0.2, 0.25) is 0 Å². The first-order valence-corrected chi connectivity index (χ1v) is 6.47. The normalized spacial score (nSPS) is 10.0. The highest BCUT2D eigenvalue weighted by Gasteiger charge is 2.09. The molecule has 0 saturated carbocycles. The molecule has 0 aliphatic heterocycles. The Hall–Kier alpha value is -2.44. The summed E-state index contributed by atoms with van der Waals surface area (Å²) in [4.78, 5) is 33.2. The van der Waals surface area contributed by atoms with Gasteiger partial charge in [-0.1, -0.05) is 0 Å². The van der Waals surface area contributed by atoms with Crippen molar-refractivity contribution in [2.75, 3.05) is 5.32 Å². The summed E-state index contributed by atoms with van der Waals surface area (Å²) in [7, 11) is 0. The van der Waals surface area contributed by atoms with E-state index in [1.54, 1.807) is 6.92 Å². The molecule has 0 aliphatic carbocycles. The van der Waals surface area contributed by atoms with E-state index >= 15 is 0 Å². The molecule has 0 atom stereocenters. The highest BCUT2D eigenvalue weighted by Crippen LogP contribution is 2.13. The van der Waals surface area contributed by atoms with E-state index in [-0.39, 0.29) is 18.7 Å². The quantitative estimate of drug-likeness (QED) is 0.702. The molecule has 0 fully saturated rings. The number of anilines is 1. The van der Waals surface area contributed by atoms with Crippen molar-refractivity contribution in [3.8, 4) is 0 Å². The second-order valence-electron chi connectivity index (χ2n) is 4.57. The number of rotatable bonds is 6. The monoisotopic (exact) mass is 296 g/mol. The first kappa shape index (κ1) is 16.6. The molecule has 1 aromatic rings. The SMILES string of the molecule is Cc1cc(NC(=O)NC(=O)CCCCC(=O)O)ccc1F. The Morgan fingerprint density at radius 1 is 1.19 bits per heavy atom. The number of aliphatic carboxylic acids is 1. The lowest BCUT2D eigenvalue weighted by Gasteiger charge is -2.07. The molecule has 3 N–H and O–H groups in total. The number of carbonyl (C=O) groups is 3. The third kappa shape index (κ3) is 6.51. The summed E-state index contributed by atoms with van der Waals surface area (Å²) >= 11 is 0. The van der Waals surface area contributed by atoms with Crippen molar-refractivity contribution in [1.82, 2.24) is 5.32 Å². The van der Waals surface area contributed by atoms with Gasteiger partial charge in [-0.3, -0.25) is 14.9 Å². The number of benzene rings is 1. The van der Waals surface area contributed by atoms with Crippen LogP contribution in [0.4, 0.5) is 14.9 Å². The van der Waals surface area contributed by atoms with E-state index in [9.17, 15) is 18.8 Å². The number of hydrogen-bond donors (Lipinski definition) is 3. The Balaban J connectivity index is 2.34. The van der Waals surface area contributed by atoms with Crippen LogP contribution in [0.5, 0.6) is 0 Å². The molecule has 114 valence electrons. The molecule has 0 bridgehead atoms. The van der Waals surface area contributed by atoms with Gasteiger partial charge in [0.15, 0.2) is 0 Å². The largest absolute Gasteiger partial charge is 0.481 e. The average Bonchev–Trinajstić information content (AvgIpc) is 2.38. The van der Waals surface area contributed by atoms with Gasteiger partial charge in [0.25, 0.3) is 0 Å². The molecular formula is C14H17FN2O4. The van der Waals surface area contributed by atoms with E-state index in [1.807, 2.05) is 0 Å². The fraction of sp³-hybridized carbons (Fsp3) is 0.357. The smallest absolute Gasteiger partial charge is 0.325 e. The van der Waals surface area contributed by atoms with Crippen LogP contribution in [-0.2, 0) is 9.59 Å². The molecule has 0 aromatic heterocycles. The van der Waals surface area contributed by atoms with Gasteiger partial charge in [-0.2, -0.15) is 0 Å². The molecule has 0 saturated heterocycles. The van der Waals surface area contributed by atoms with E-state index in [1.165, 1.54) is 18.2 Å². The molecule has 0 spiro atoms. The lowest BCUT2D eigenvalue weighted by Crippen LogP contribution is -2.34. The second kappa shape index (κ2) is 7.98. The van der Waals surface area contributed by atoms with Crippen molar-refractivity contribution < 1.29 is 23.9 Å².